The molecule has 0 bridgehead atoms. The van der Waals surface area contributed by atoms with Crippen molar-refractivity contribution in [1.82, 2.24) is 9.55 Å². The van der Waals surface area contributed by atoms with Crippen molar-refractivity contribution < 1.29 is 0 Å². The lowest BCUT2D eigenvalue weighted by molar-refractivity contribution is 0.834. The Labute approximate surface area is 140 Å². The van der Waals surface area contributed by atoms with E-state index < -0.39 is 0 Å². The molecule has 0 saturated carbocycles. The number of benzene rings is 3. The van der Waals surface area contributed by atoms with Crippen LogP contribution >= 0.6 is 11.6 Å². The Bertz CT molecular complexity index is 943. The maximum atomic E-state index is 6.21. The van der Waals surface area contributed by atoms with Crippen molar-refractivity contribution >= 4 is 22.6 Å². The molecule has 0 amide bonds. The molecular formula is C20H15ClN2. The van der Waals surface area contributed by atoms with Gasteiger partial charge in [-0.15, -0.1) is 0 Å². The normalized spacial score (nSPS) is 11.0. The van der Waals surface area contributed by atoms with Crippen LogP contribution in [-0.4, -0.2) is 9.55 Å². The second-order valence-electron chi connectivity index (χ2n) is 5.51. The molecule has 0 atom stereocenters. The summed E-state index contributed by atoms with van der Waals surface area (Å²) in [6, 6.07) is 26.5. The monoisotopic (exact) mass is 318 g/mol. The molecular weight excluding hydrogens is 304 g/mol. The standard InChI is InChI=1S/C20H15ClN2/c21-17-11-12-18-19(13-17)23(14-15-7-3-1-4-8-15)20(22-18)16-9-5-2-6-10-16/h1-13H,14H2. The highest BCUT2D eigenvalue weighted by Gasteiger charge is 2.13. The molecule has 0 radical (unpaired) electrons. The van der Waals surface area contributed by atoms with E-state index in [0.29, 0.717) is 0 Å². The van der Waals surface area contributed by atoms with Crippen LogP contribution in [0.1, 0.15) is 5.56 Å². The van der Waals surface area contributed by atoms with Crippen molar-refractivity contribution in [2.75, 3.05) is 0 Å². The van der Waals surface area contributed by atoms with Crippen molar-refractivity contribution in [2.45, 2.75) is 6.54 Å². The molecule has 0 unspecified atom stereocenters. The van der Waals surface area contributed by atoms with Crippen molar-refractivity contribution in [2.24, 2.45) is 0 Å². The van der Waals surface area contributed by atoms with Gasteiger partial charge < -0.3 is 4.57 Å². The Balaban J connectivity index is 1.93. The van der Waals surface area contributed by atoms with E-state index >= 15 is 0 Å². The van der Waals surface area contributed by atoms with Crippen LogP contribution in [0, 0.1) is 0 Å². The topological polar surface area (TPSA) is 17.8 Å². The Morgan fingerprint density at radius 3 is 2.26 bits per heavy atom. The lowest BCUT2D eigenvalue weighted by atomic mass is 10.2. The molecule has 3 aromatic carbocycles. The van der Waals surface area contributed by atoms with E-state index in [0.717, 1.165) is 34.0 Å². The Morgan fingerprint density at radius 1 is 0.826 bits per heavy atom. The predicted molar refractivity (Wildman–Crippen MR) is 95.7 cm³/mol. The van der Waals surface area contributed by atoms with Crippen molar-refractivity contribution in [1.29, 1.82) is 0 Å². The van der Waals surface area contributed by atoms with Gasteiger partial charge in [-0.2, -0.15) is 0 Å². The van der Waals surface area contributed by atoms with E-state index in [1.807, 2.05) is 42.5 Å². The maximum Gasteiger partial charge on any atom is 0.141 e. The molecule has 1 heterocycles. The molecule has 4 aromatic rings. The number of rotatable bonds is 3. The van der Waals surface area contributed by atoms with Crippen LogP contribution in [0.15, 0.2) is 78.9 Å². The summed E-state index contributed by atoms with van der Waals surface area (Å²) < 4.78 is 2.23. The van der Waals surface area contributed by atoms with E-state index in [-0.39, 0.29) is 0 Å². The molecule has 0 fully saturated rings. The van der Waals surface area contributed by atoms with Crippen LogP contribution in [0.3, 0.4) is 0 Å². The van der Waals surface area contributed by atoms with Gasteiger partial charge in [0.05, 0.1) is 11.0 Å². The summed E-state index contributed by atoms with van der Waals surface area (Å²) in [6.07, 6.45) is 0. The summed E-state index contributed by atoms with van der Waals surface area (Å²) in [5.41, 5.74) is 4.36. The molecule has 0 aliphatic heterocycles. The third-order valence-corrected chi connectivity index (χ3v) is 4.16. The highest BCUT2D eigenvalue weighted by atomic mass is 35.5. The summed E-state index contributed by atoms with van der Waals surface area (Å²) in [7, 11) is 0. The zero-order valence-corrected chi connectivity index (χ0v) is 13.2. The second kappa shape index (κ2) is 5.90. The van der Waals surface area contributed by atoms with Gasteiger partial charge in [0.15, 0.2) is 0 Å². The molecule has 23 heavy (non-hydrogen) atoms. The van der Waals surface area contributed by atoms with E-state index in [1.54, 1.807) is 0 Å². The van der Waals surface area contributed by atoms with E-state index in [9.17, 15) is 0 Å². The Morgan fingerprint density at radius 2 is 1.52 bits per heavy atom. The average Bonchev–Trinajstić information content (AvgIpc) is 2.95. The average molecular weight is 319 g/mol. The van der Waals surface area contributed by atoms with Crippen molar-refractivity contribution in [3.05, 3.63) is 89.4 Å². The van der Waals surface area contributed by atoms with Crippen LogP contribution in [-0.2, 0) is 6.54 Å². The summed E-state index contributed by atoms with van der Waals surface area (Å²) >= 11 is 6.21. The van der Waals surface area contributed by atoms with Gasteiger partial charge in [-0.25, -0.2) is 4.98 Å². The van der Waals surface area contributed by atoms with Crippen LogP contribution in [0.4, 0.5) is 0 Å². The molecule has 2 nitrogen and oxygen atoms in total. The summed E-state index contributed by atoms with van der Waals surface area (Å²) in [4.78, 5) is 4.82. The molecule has 0 saturated heterocycles. The molecule has 112 valence electrons. The van der Waals surface area contributed by atoms with E-state index in [2.05, 4.69) is 41.0 Å². The molecule has 0 aliphatic carbocycles. The van der Waals surface area contributed by atoms with Gasteiger partial charge >= 0.3 is 0 Å². The van der Waals surface area contributed by atoms with Gasteiger partial charge in [0.25, 0.3) is 0 Å². The highest BCUT2D eigenvalue weighted by molar-refractivity contribution is 6.31. The van der Waals surface area contributed by atoms with Gasteiger partial charge in [0.2, 0.25) is 0 Å². The number of aromatic nitrogens is 2. The summed E-state index contributed by atoms with van der Waals surface area (Å²) in [5, 5.41) is 0.728. The Hall–Kier alpha value is -2.58. The smallest absolute Gasteiger partial charge is 0.141 e. The summed E-state index contributed by atoms with van der Waals surface area (Å²) in [5.74, 6) is 0.965. The number of nitrogens with zero attached hydrogens (tertiary/aromatic N) is 2. The SMILES string of the molecule is Clc1ccc2nc(-c3ccccc3)n(Cc3ccccc3)c2c1. The van der Waals surface area contributed by atoms with Gasteiger partial charge in [-0.1, -0.05) is 72.3 Å². The zero-order valence-electron chi connectivity index (χ0n) is 12.5. The van der Waals surface area contributed by atoms with Gasteiger partial charge in [-0.3, -0.25) is 0 Å². The van der Waals surface area contributed by atoms with Crippen LogP contribution in [0.5, 0.6) is 0 Å². The minimum absolute atomic E-state index is 0.728. The Kier molecular flexibility index (Phi) is 3.60. The quantitative estimate of drug-likeness (QED) is 0.494. The van der Waals surface area contributed by atoms with Gasteiger partial charge in [-0.05, 0) is 23.8 Å². The first-order valence-corrected chi connectivity index (χ1v) is 7.94. The molecule has 1 aromatic heterocycles. The number of halogens is 1. The minimum Gasteiger partial charge on any atom is -0.319 e. The molecule has 4 rings (SSSR count). The maximum absolute atomic E-state index is 6.21. The molecule has 0 aliphatic rings. The fourth-order valence-corrected chi connectivity index (χ4v) is 3.00. The van der Waals surface area contributed by atoms with Crippen LogP contribution < -0.4 is 0 Å². The molecule has 0 N–H and O–H groups in total. The second-order valence-corrected chi connectivity index (χ2v) is 5.94. The first-order chi connectivity index (χ1) is 11.3. The van der Waals surface area contributed by atoms with Crippen LogP contribution in [0.25, 0.3) is 22.4 Å². The first-order valence-electron chi connectivity index (χ1n) is 7.56. The van der Waals surface area contributed by atoms with Gasteiger partial charge in [0.1, 0.15) is 5.82 Å². The highest BCUT2D eigenvalue weighted by Crippen LogP contribution is 2.27. The fraction of sp³-hybridized carbons (Fsp3) is 0.0500. The minimum atomic E-state index is 0.728. The molecule has 3 heteroatoms. The van der Waals surface area contributed by atoms with E-state index in [4.69, 9.17) is 16.6 Å². The number of imidazole rings is 1. The predicted octanol–water partition coefficient (Wildman–Crippen LogP) is 5.41. The summed E-state index contributed by atoms with van der Waals surface area (Å²) in [6.45, 7) is 0.766. The van der Waals surface area contributed by atoms with Crippen molar-refractivity contribution in [3.8, 4) is 11.4 Å². The largest absolute Gasteiger partial charge is 0.319 e. The van der Waals surface area contributed by atoms with Gasteiger partial charge in [0, 0.05) is 17.1 Å². The number of fused-ring (bicyclic) bond motifs is 1. The third-order valence-electron chi connectivity index (χ3n) is 3.93. The third kappa shape index (κ3) is 2.73. The van der Waals surface area contributed by atoms with Crippen LogP contribution in [0.2, 0.25) is 5.02 Å². The number of hydrogen-bond acceptors (Lipinski definition) is 1. The number of hydrogen-bond donors (Lipinski definition) is 0. The molecule has 0 spiro atoms. The lowest BCUT2D eigenvalue weighted by Crippen LogP contribution is -2.02. The van der Waals surface area contributed by atoms with Crippen molar-refractivity contribution in [3.63, 3.8) is 0 Å². The van der Waals surface area contributed by atoms with E-state index in [1.165, 1.54) is 5.56 Å². The fourth-order valence-electron chi connectivity index (χ4n) is 2.83. The first kappa shape index (κ1) is 14.0. The lowest BCUT2D eigenvalue weighted by Gasteiger charge is -2.10. The zero-order chi connectivity index (χ0) is 15.6.